The standard InChI is InChI=1S/C22H24N2O4/c1-4-12-24-19(16-8-6-7-11-23-16)18(21(26)22(24)27)20(25)15-9-10-17(28-5-2)14(3)13-15/h6-11,13,19,25H,4-5,12H2,1-3H3/b20-18-. The number of ketones is 1. The second-order valence-corrected chi connectivity index (χ2v) is 6.66. The number of Topliss-reactive ketones (excluding diaryl/α,β-unsaturated/α-hetero) is 1. The first-order chi connectivity index (χ1) is 13.5. The number of rotatable bonds is 6. The molecule has 1 atom stereocenters. The molecule has 1 aliphatic heterocycles. The molecule has 1 amide bonds. The summed E-state index contributed by atoms with van der Waals surface area (Å²) in [4.78, 5) is 31.2. The number of hydrogen-bond acceptors (Lipinski definition) is 5. The van der Waals surface area contributed by atoms with Crippen LogP contribution in [0.4, 0.5) is 0 Å². The summed E-state index contributed by atoms with van der Waals surface area (Å²) in [6, 6.07) is 9.83. The van der Waals surface area contributed by atoms with Gasteiger partial charge in [0, 0.05) is 18.3 Å². The predicted molar refractivity (Wildman–Crippen MR) is 106 cm³/mol. The fraction of sp³-hybridized carbons (Fsp3) is 0.318. The molecule has 146 valence electrons. The van der Waals surface area contributed by atoms with Crippen molar-refractivity contribution in [2.45, 2.75) is 33.2 Å². The quantitative estimate of drug-likeness (QED) is 0.470. The number of benzene rings is 1. The van der Waals surface area contributed by atoms with Crippen molar-refractivity contribution in [2.24, 2.45) is 0 Å². The molecular weight excluding hydrogens is 356 g/mol. The van der Waals surface area contributed by atoms with Crippen LogP contribution >= 0.6 is 0 Å². The van der Waals surface area contributed by atoms with Crippen LogP contribution in [0.2, 0.25) is 0 Å². The summed E-state index contributed by atoms with van der Waals surface area (Å²) in [6.07, 6.45) is 2.31. The van der Waals surface area contributed by atoms with E-state index in [-0.39, 0.29) is 11.3 Å². The zero-order valence-corrected chi connectivity index (χ0v) is 16.3. The maximum Gasteiger partial charge on any atom is 0.295 e. The Morgan fingerprint density at radius 3 is 2.61 bits per heavy atom. The number of ether oxygens (including phenoxy) is 1. The third-order valence-corrected chi connectivity index (χ3v) is 4.72. The number of aromatic nitrogens is 1. The minimum Gasteiger partial charge on any atom is -0.507 e. The number of likely N-dealkylation sites (tertiary alicyclic amines) is 1. The summed E-state index contributed by atoms with van der Waals surface area (Å²) in [5.74, 6) is -0.777. The molecule has 1 unspecified atom stereocenters. The van der Waals surface area contributed by atoms with E-state index in [4.69, 9.17) is 4.74 Å². The maximum absolute atomic E-state index is 12.8. The highest BCUT2D eigenvalue weighted by molar-refractivity contribution is 6.46. The van der Waals surface area contributed by atoms with E-state index in [1.165, 1.54) is 4.90 Å². The van der Waals surface area contributed by atoms with Crippen molar-refractivity contribution in [1.29, 1.82) is 0 Å². The molecule has 6 nitrogen and oxygen atoms in total. The SMILES string of the molecule is CCCN1C(=O)C(=O)/C(=C(\O)c2ccc(OCC)c(C)c2)C1c1ccccn1. The molecule has 28 heavy (non-hydrogen) atoms. The number of aryl methyl sites for hydroxylation is 1. The van der Waals surface area contributed by atoms with Crippen molar-refractivity contribution in [3.63, 3.8) is 0 Å². The van der Waals surface area contributed by atoms with Gasteiger partial charge in [-0.2, -0.15) is 0 Å². The van der Waals surface area contributed by atoms with Crippen LogP contribution in [0.15, 0.2) is 48.2 Å². The van der Waals surface area contributed by atoms with E-state index < -0.39 is 17.7 Å². The number of aliphatic hydroxyl groups excluding tert-OH is 1. The number of pyridine rings is 1. The molecule has 6 heteroatoms. The lowest BCUT2D eigenvalue weighted by Crippen LogP contribution is -2.30. The Morgan fingerprint density at radius 2 is 2.00 bits per heavy atom. The van der Waals surface area contributed by atoms with Gasteiger partial charge in [-0.25, -0.2) is 0 Å². The van der Waals surface area contributed by atoms with Crippen LogP contribution < -0.4 is 4.74 Å². The minimum absolute atomic E-state index is 0.0701. The molecule has 0 saturated carbocycles. The van der Waals surface area contributed by atoms with Crippen molar-refractivity contribution >= 4 is 17.4 Å². The minimum atomic E-state index is -0.701. The van der Waals surface area contributed by atoms with Crippen molar-refractivity contribution in [3.8, 4) is 5.75 Å². The lowest BCUT2D eigenvalue weighted by molar-refractivity contribution is -0.139. The van der Waals surface area contributed by atoms with E-state index >= 15 is 0 Å². The predicted octanol–water partition coefficient (Wildman–Crippen LogP) is 3.62. The summed E-state index contributed by atoms with van der Waals surface area (Å²) in [6.45, 7) is 6.65. The summed E-state index contributed by atoms with van der Waals surface area (Å²) in [5.41, 5.74) is 1.93. The molecule has 1 fully saturated rings. The van der Waals surface area contributed by atoms with Crippen LogP contribution in [-0.2, 0) is 9.59 Å². The molecule has 3 rings (SSSR count). The van der Waals surface area contributed by atoms with Crippen LogP contribution in [-0.4, -0.2) is 39.8 Å². The van der Waals surface area contributed by atoms with Gasteiger partial charge in [-0.15, -0.1) is 0 Å². The third-order valence-electron chi connectivity index (χ3n) is 4.72. The van der Waals surface area contributed by atoms with Gasteiger partial charge in [0.05, 0.1) is 17.9 Å². The third kappa shape index (κ3) is 3.50. The molecule has 2 heterocycles. The Hall–Kier alpha value is -3.15. The van der Waals surface area contributed by atoms with Gasteiger partial charge in [-0.05, 0) is 56.2 Å². The highest BCUT2D eigenvalue weighted by Crippen LogP contribution is 2.39. The summed E-state index contributed by atoms with van der Waals surface area (Å²) in [7, 11) is 0. The van der Waals surface area contributed by atoms with Crippen molar-refractivity contribution in [3.05, 3.63) is 65.0 Å². The van der Waals surface area contributed by atoms with Crippen molar-refractivity contribution < 1.29 is 19.4 Å². The lowest BCUT2D eigenvalue weighted by Gasteiger charge is -2.23. The molecule has 1 N–H and O–H groups in total. The fourth-order valence-corrected chi connectivity index (χ4v) is 3.47. The molecule has 0 radical (unpaired) electrons. The molecule has 1 aromatic carbocycles. The Labute approximate surface area is 164 Å². The van der Waals surface area contributed by atoms with E-state index in [1.807, 2.05) is 20.8 Å². The average Bonchev–Trinajstić information content (AvgIpc) is 2.95. The Balaban J connectivity index is 2.14. The molecule has 0 spiro atoms. The molecule has 1 saturated heterocycles. The molecule has 2 aromatic rings. The maximum atomic E-state index is 12.8. The zero-order valence-electron chi connectivity index (χ0n) is 16.3. The van der Waals surface area contributed by atoms with Gasteiger partial charge in [0.1, 0.15) is 17.6 Å². The molecule has 1 aliphatic rings. The highest BCUT2D eigenvalue weighted by atomic mass is 16.5. The Kier molecular flexibility index (Phi) is 5.78. The monoisotopic (exact) mass is 380 g/mol. The number of carbonyl (C=O) groups is 2. The molecule has 0 aliphatic carbocycles. The van der Waals surface area contributed by atoms with E-state index in [9.17, 15) is 14.7 Å². The Morgan fingerprint density at radius 1 is 1.21 bits per heavy atom. The van der Waals surface area contributed by atoms with Crippen LogP contribution in [0.25, 0.3) is 5.76 Å². The van der Waals surface area contributed by atoms with E-state index in [0.717, 1.165) is 5.56 Å². The fourth-order valence-electron chi connectivity index (χ4n) is 3.47. The number of hydrogen-bond donors (Lipinski definition) is 1. The first kappa shape index (κ1) is 19.6. The molecular formula is C22H24N2O4. The van der Waals surface area contributed by atoms with Crippen molar-refractivity contribution in [2.75, 3.05) is 13.2 Å². The zero-order chi connectivity index (χ0) is 20.3. The summed E-state index contributed by atoms with van der Waals surface area (Å²) >= 11 is 0. The smallest absolute Gasteiger partial charge is 0.295 e. The average molecular weight is 380 g/mol. The van der Waals surface area contributed by atoms with Gasteiger partial charge in [-0.1, -0.05) is 13.0 Å². The topological polar surface area (TPSA) is 79.7 Å². The number of aliphatic hydroxyl groups is 1. The van der Waals surface area contributed by atoms with Gasteiger partial charge in [0.2, 0.25) is 0 Å². The van der Waals surface area contributed by atoms with Crippen LogP contribution in [0.1, 0.15) is 43.1 Å². The van der Waals surface area contributed by atoms with Crippen LogP contribution in [0, 0.1) is 6.92 Å². The molecule has 0 bridgehead atoms. The van der Waals surface area contributed by atoms with Gasteiger partial charge < -0.3 is 14.7 Å². The van der Waals surface area contributed by atoms with Gasteiger partial charge in [0.15, 0.2) is 0 Å². The van der Waals surface area contributed by atoms with Crippen LogP contribution in [0.3, 0.4) is 0 Å². The second kappa shape index (κ2) is 8.25. The van der Waals surface area contributed by atoms with Gasteiger partial charge in [0.25, 0.3) is 11.7 Å². The van der Waals surface area contributed by atoms with E-state index in [2.05, 4.69) is 4.98 Å². The summed E-state index contributed by atoms with van der Waals surface area (Å²) in [5, 5.41) is 11.0. The van der Waals surface area contributed by atoms with Gasteiger partial charge in [-0.3, -0.25) is 14.6 Å². The van der Waals surface area contributed by atoms with Gasteiger partial charge >= 0.3 is 0 Å². The first-order valence-electron chi connectivity index (χ1n) is 9.42. The molecule has 1 aromatic heterocycles. The number of amides is 1. The summed E-state index contributed by atoms with van der Waals surface area (Å²) < 4.78 is 5.54. The van der Waals surface area contributed by atoms with Crippen LogP contribution in [0.5, 0.6) is 5.75 Å². The lowest BCUT2D eigenvalue weighted by atomic mass is 9.97. The van der Waals surface area contributed by atoms with E-state index in [1.54, 1.807) is 42.6 Å². The largest absolute Gasteiger partial charge is 0.507 e. The number of nitrogens with zero attached hydrogens (tertiary/aromatic N) is 2. The number of carbonyl (C=O) groups excluding carboxylic acids is 2. The normalized spacial score (nSPS) is 18.5. The highest BCUT2D eigenvalue weighted by Gasteiger charge is 2.46. The second-order valence-electron chi connectivity index (χ2n) is 6.66. The van der Waals surface area contributed by atoms with Crippen molar-refractivity contribution in [1.82, 2.24) is 9.88 Å². The first-order valence-corrected chi connectivity index (χ1v) is 9.42. The Bertz CT molecular complexity index is 921. The van der Waals surface area contributed by atoms with E-state index in [0.29, 0.717) is 36.6 Å².